The number of methoxy groups -OCH3 is 1. The molecule has 1 unspecified atom stereocenters. The number of nitrogens with zero attached hydrogens (tertiary/aromatic N) is 2. The van der Waals surface area contributed by atoms with Gasteiger partial charge in [0.15, 0.2) is 0 Å². The monoisotopic (exact) mass is 285 g/mol. The van der Waals surface area contributed by atoms with E-state index in [1.807, 2.05) is 0 Å². The Balaban J connectivity index is 2.93. The van der Waals surface area contributed by atoms with Gasteiger partial charge in [0.2, 0.25) is 0 Å². The van der Waals surface area contributed by atoms with Crippen LogP contribution in [-0.2, 0) is 11.3 Å². The molecule has 1 atom stereocenters. The number of nitrogens with one attached hydrogen (secondary N) is 1. The minimum atomic E-state index is -4.27. The number of halogens is 4. The maximum Gasteiger partial charge on any atom is 0.390 e. The first kappa shape index (κ1) is 15.3. The van der Waals surface area contributed by atoms with E-state index in [0.717, 1.165) is 0 Å². The maximum atomic E-state index is 12.5. The summed E-state index contributed by atoms with van der Waals surface area (Å²) in [4.78, 5) is 0. The molecule has 0 aromatic carbocycles. The van der Waals surface area contributed by atoms with Gasteiger partial charge in [0.1, 0.15) is 0 Å². The minimum absolute atomic E-state index is 0.217. The molecule has 1 rings (SSSR count). The van der Waals surface area contributed by atoms with Gasteiger partial charge in [-0.1, -0.05) is 11.6 Å². The van der Waals surface area contributed by atoms with Gasteiger partial charge in [0.05, 0.1) is 42.5 Å². The van der Waals surface area contributed by atoms with E-state index in [9.17, 15) is 13.2 Å². The fraction of sp³-hybridized carbons (Fsp3) is 0.700. The summed E-state index contributed by atoms with van der Waals surface area (Å²) in [5, 5.41) is 6.78. The average molecular weight is 286 g/mol. The Bertz CT molecular complexity index is 381. The summed E-state index contributed by atoms with van der Waals surface area (Å²) in [5.41, 5.74) is 0.327. The van der Waals surface area contributed by atoms with Crippen molar-refractivity contribution in [1.29, 1.82) is 0 Å². The molecule has 8 heteroatoms. The van der Waals surface area contributed by atoms with Gasteiger partial charge in [-0.05, 0) is 7.05 Å². The van der Waals surface area contributed by atoms with Crippen LogP contribution in [0.25, 0.3) is 0 Å². The van der Waals surface area contributed by atoms with Gasteiger partial charge in [-0.25, -0.2) is 0 Å². The lowest BCUT2D eigenvalue weighted by Crippen LogP contribution is -2.27. The lowest BCUT2D eigenvalue weighted by molar-refractivity contribution is -0.140. The second-order valence-corrected chi connectivity index (χ2v) is 4.16. The Morgan fingerprint density at radius 1 is 1.56 bits per heavy atom. The third kappa shape index (κ3) is 4.15. The Kier molecular flexibility index (Phi) is 5.43. The Morgan fingerprint density at radius 2 is 2.22 bits per heavy atom. The number of ether oxygens (including phenoxy) is 1. The van der Waals surface area contributed by atoms with Crippen molar-refractivity contribution in [3.05, 3.63) is 16.9 Å². The highest BCUT2D eigenvalue weighted by Gasteiger charge is 2.34. The minimum Gasteiger partial charge on any atom is -0.383 e. The van der Waals surface area contributed by atoms with E-state index in [0.29, 0.717) is 18.8 Å². The Labute approximate surface area is 108 Å². The second-order valence-electron chi connectivity index (χ2n) is 3.75. The molecule has 0 spiro atoms. The normalized spacial score (nSPS) is 13.9. The average Bonchev–Trinajstić information content (AvgIpc) is 2.63. The van der Waals surface area contributed by atoms with Crippen LogP contribution in [0.15, 0.2) is 6.20 Å². The van der Waals surface area contributed by atoms with Crippen LogP contribution < -0.4 is 5.32 Å². The molecule has 1 N–H and O–H groups in total. The molecule has 0 saturated heterocycles. The predicted octanol–water partition coefficient (Wildman–Crippen LogP) is 2.40. The SMILES string of the molecule is CNC(CC(F)(F)F)c1c(Cl)cnn1CCOC. The van der Waals surface area contributed by atoms with Gasteiger partial charge in [0, 0.05) is 7.11 Å². The van der Waals surface area contributed by atoms with Crippen molar-refractivity contribution in [3.63, 3.8) is 0 Å². The zero-order chi connectivity index (χ0) is 13.8. The van der Waals surface area contributed by atoms with Crippen molar-refractivity contribution in [3.8, 4) is 0 Å². The number of alkyl halides is 3. The van der Waals surface area contributed by atoms with Crippen LogP contribution in [0.5, 0.6) is 0 Å². The van der Waals surface area contributed by atoms with Gasteiger partial charge in [0.25, 0.3) is 0 Å². The zero-order valence-corrected chi connectivity index (χ0v) is 10.8. The van der Waals surface area contributed by atoms with Crippen LogP contribution in [0.4, 0.5) is 13.2 Å². The lowest BCUT2D eigenvalue weighted by Gasteiger charge is -2.20. The van der Waals surface area contributed by atoms with Crippen LogP contribution in [-0.4, -0.2) is 36.7 Å². The molecule has 1 heterocycles. The molecule has 0 aliphatic heterocycles. The highest BCUT2D eigenvalue weighted by Crippen LogP contribution is 2.32. The van der Waals surface area contributed by atoms with E-state index < -0.39 is 18.6 Å². The Hall–Kier alpha value is -0.790. The van der Waals surface area contributed by atoms with Crippen molar-refractivity contribution in [2.45, 2.75) is 25.2 Å². The van der Waals surface area contributed by atoms with E-state index in [2.05, 4.69) is 10.4 Å². The van der Waals surface area contributed by atoms with Gasteiger partial charge < -0.3 is 10.1 Å². The molecule has 0 bridgehead atoms. The molecule has 0 amide bonds. The van der Waals surface area contributed by atoms with Crippen LogP contribution in [0.1, 0.15) is 18.2 Å². The summed E-state index contributed by atoms with van der Waals surface area (Å²) in [5.74, 6) is 0. The van der Waals surface area contributed by atoms with Gasteiger partial charge in [-0.15, -0.1) is 0 Å². The molecule has 0 saturated carbocycles. The van der Waals surface area contributed by atoms with Gasteiger partial charge in [-0.2, -0.15) is 18.3 Å². The van der Waals surface area contributed by atoms with Crippen molar-refractivity contribution in [2.75, 3.05) is 20.8 Å². The molecule has 4 nitrogen and oxygen atoms in total. The maximum absolute atomic E-state index is 12.5. The molecule has 18 heavy (non-hydrogen) atoms. The van der Waals surface area contributed by atoms with Crippen molar-refractivity contribution in [2.24, 2.45) is 0 Å². The fourth-order valence-corrected chi connectivity index (χ4v) is 1.91. The van der Waals surface area contributed by atoms with E-state index in [-0.39, 0.29) is 5.02 Å². The van der Waals surface area contributed by atoms with E-state index >= 15 is 0 Å². The Morgan fingerprint density at radius 3 is 2.72 bits per heavy atom. The van der Waals surface area contributed by atoms with E-state index in [4.69, 9.17) is 16.3 Å². The second kappa shape index (κ2) is 6.40. The van der Waals surface area contributed by atoms with Crippen molar-refractivity contribution < 1.29 is 17.9 Å². The molecular formula is C10H15ClF3N3O. The van der Waals surface area contributed by atoms with Crippen LogP contribution in [0.2, 0.25) is 5.02 Å². The highest BCUT2D eigenvalue weighted by molar-refractivity contribution is 6.31. The number of hydrogen-bond donors (Lipinski definition) is 1. The largest absolute Gasteiger partial charge is 0.390 e. The zero-order valence-electron chi connectivity index (χ0n) is 10.1. The molecule has 0 aliphatic carbocycles. The predicted molar refractivity (Wildman–Crippen MR) is 61.6 cm³/mol. The van der Waals surface area contributed by atoms with Gasteiger partial charge >= 0.3 is 6.18 Å². The van der Waals surface area contributed by atoms with Gasteiger partial charge in [-0.3, -0.25) is 4.68 Å². The molecule has 0 fully saturated rings. The molecule has 0 aliphatic rings. The molecule has 1 aromatic heterocycles. The quantitative estimate of drug-likeness (QED) is 0.872. The third-order valence-electron chi connectivity index (χ3n) is 2.45. The first-order valence-corrected chi connectivity index (χ1v) is 5.71. The molecular weight excluding hydrogens is 271 g/mol. The van der Waals surface area contributed by atoms with Crippen LogP contribution in [0.3, 0.4) is 0 Å². The van der Waals surface area contributed by atoms with Crippen molar-refractivity contribution in [1.82, 2.24) is 15.1 Å². The van der Waals surface area contributed by atoms with E-state index in [1.54, 1.807) is 0 Å². The number of rotatable bonds is 6. The van der Waals surface area contributed by atoms with Crippen LogP contribution in [0, 0.1) is 0 Å². The standard InChI is InChI=1S/C10H15ClF3N3O/c1-15-8(5-10(12,13)14)9-7(11)6-16-17(9)3-4-18-2/h6,8,15H,3-5H2,1-2H3. The molecule has 104 valence electrons. The topological polar surface area (TPSA) is 39.1 Å². The van der Waals surface area contributed by atoms with Crippen LogP contribution >= 0.6 is 11.6 Å². The first-order chi connectivity index (χ1) is 8.39. The number of hydrogen-bond acceptors (Lipinski definition) is 3. The summed E-state index contributed by atoms with van der Waals surface area (Å²) in [6.07, 6.45) is -3.93. The fourth-order valence-electron chi connectivity index (χ4n) is 1.64. The summed E-state index contributed by atoms with van der Waals surface area (Å²) in [6, 6.07) is -0.920. The molecule has 1 aromatic rings. The third-order valence-corrected chi connectivity index (χ3v) is 2.75. The summed E-state index contributed by atoms with van der Waals surface area (Å²) in [7, 11) is 2.97. The van der Waals surface area contributed by atoms with Crippen molar-refractivity contribution >= 4 is 11.6 Å². The molecule has 0 radical (unpaired) electrons. The summed E-state index contributed by atoms with van der Waals surface area (Å²) >= 11 is 5.89. The first-order valence-electron chi connectivity index (χ1n) is 5.33. The van der Waals surface area contributed by atoms with E-state index in [1.165, 1.54) is 25.0 Å². The number of aromatic nitrogens is 2. The summed E-state index contributed by atoms with van der Waals surface area (Å²) < 4.78 is 43.7. The summed E-state index contributed by atoms with van der Waals surface area (Å²) in [6.45, 7) is 0.710. The highest BCUT2D eigenvalue weighted by atomic mass is 35.5. The lowest BCUT2D eigenvalue weighted by atomic mass is 10.1. The smallest absolute Gasteiger partial charge is 0.383 e.